The summed E-state index contributed by atoms with van der Waals surface area (Å²) in [5, 5.41) is 1.12. The zero-order valence-electron chi connectivity index (χ0n) is 10.8. The summed E-state index contributed by atoms with van der Waals surface area (Å²) in [5.41, 5.74) is 7.29. The first-order chi connectivity index (χ1) is 9.11. The van der Waals surface area contributed by atoms with E-state index in [0.29, 0.717) is 16.5 Å². The lowest BCUT2D eigenvalue weighted by Gasteiger charge is -2.14. The van der Waals surface area contributed by atoms with Gasteiger partial charge in [-0.1, -0.05) is 36.2 Å². The van der Waals surface area contributed by atoms with Crippen molar-refractivity contribution < 1.29 is 0 Å². The van der Waals surface area contributed by atoms with Crippen molar-refractivity contribution in [1.29, 1.82) is 0 Å². The molecule has 2 rings (SSSR count). The van der Waals surface area contributed by atoms with E-state index in [4.69, 9.17) is 28.9 Å². The Labute approximate surface area is 123 Å². The molecule has 0 aliphatic carbocycles. The van der Waals surface area contributed by atoms with E-state index in [-0.39, 0.29) is 6.04 Å². The minimum Gasteiger partial charge on any atom is -0.334 e. The fourth-order valence-corrected chi connectivity index (χ4v) is 2.41. The second-order valence-electron chi connectivity index (χ2n) is 4.54. The highest BCUT2D eigenvalue weighted by atomic mass is 35.5. The van der Waals surface area contributed by atoms with Crippen LogP contribution >= 0.6 is 23.2 Å². The highest BCUT2D eigenvalue weighted by Crippen LogP contribution is 2.24. The van der Waals surface area contributed by atoms with Gasteiger partial charge in [0, 0.05) is 18.9 Å². The predicted molar refractivity (Wildman–Crippen MR) is 79.6 cm³/mol. The van der Waals surface area contributed by atoms with Gasteiger partial charge in [0.05, 0.1) is 16.1 Å². The summed E-state index contributed by atoms with van der Waals surface area (Å²) in [5.74, 6) is 0.910. The molecule has 2 aromatic rings. The van der Waals surface area contributed by atoms with Crippen LogP contribution in [0.1, 0.15) is 30.8 Å². The fraction of sp³-hybridized carbons (Fsp3) is 0.357. The number of halogens is 2. The van der Waals surface area contributed by atoms with Crippen LogP contribution in [0.4, 0.5) is 0 Å². The normalized spacial score (nSPS) is 12.6. The van der Waals surface area contributed by atoms with Crippen molar-refractivity contribution in [3.63, 3.8) is 0 Å². The van der Waals surface area contributed by atoms with Crippen molar-refractivity contribution >= 4 is 23.2 Å². The molecule has 5 heteroatoms. The van der Waals surface area contributed by atoms with Gasteiger partial charge in [-0.15, -0.1) is 0 Å². The standard InChI is InChI=1S/C14H17Cl2N3/c1-2-6-19-7-5-18-14(19)13(17)9-10-3-4-11(15)12(16)8-10/h3-5,7-8,13H,2,6,9,17H2,1H3. The van der Waals surface area contributed by atoms with Crippen molar-refractivity contribution in [3.8, 4) is 0 Å². The summed E-state index contributed by atoms with van der Waals surface area (Å²) in [6.45, 7) is 3.07. The van der Waals surface area contributed by atoms with Gasteiger partial charge in [-0.3, -0.25) is 0 Å². The average Bonchev–Trinajstić information content (AvgIpc) is 2.83. The van der Waals surface area contributed by atoms with E-state index in [1.807, 2.05) is 18.3 Å². The number of nitrogens with zero attached hydrogens (tertiary/aromatic N) is 2. The van der Waals surface area contributed by atoms with Gasteiger partial charge >= 0.3 is 0 Å². The summed E-state index contributed by atoms with van der Waals surface area (Å²) < 4.78 is 2.10. The van der Waals surface area contributed by atoms with Gasteiger partial charge in [0.1, 0.15) is 5.82 Å². The Bertz CT molecular complexity index is 551. The van der Waals surface area contributed by atoms with Crippen LogP contribution in [0, 0.1) is 0 Å². The van der Waals surface area contributed by atoms with E-state index in [1.54, 1.807) is 12.3 Å². The van der Waals surface area contributed by atoms with Crippen molar-refractivity contribution in [2.24, 2.45) is 5.73 Å². The zero-order valence-corrected chi connectivity index (χ0v) is 12.3. The van der Waals surface area contributed by atoms with E-state index in [1.165, 1.54) is 0 Å². The molecule has 1 unspecified atom stereocenters. The van der Waals surface area contributed by atoms with Gasteiger partial charge in [-0.25, -0.2) is 4.98 Å². The molecule has 19 heavy (non-hydrogen) atoms. The van der Waals surface area contributed by atoms with Gasteiger partial charge < -0.3 is 10.3 Å². The Kier molecular flexibility index (Phi) is 4.86. The summed E-state index contributed by atoms with van der Waals surface area (Å²) >= 11 is 11.9. The Morgan fingerprint density at radius 3 is 2.79 bits per heavy atom. The molecule has 0 saturated heterocycles. The first-order valence-corrected chi connectivity index (χ1v) is 7.08. The van der Waals surface area contributed by atoms with E-state index >= 15 is 0 Å². The Hall–Kier alpha value is -1.03. The zero-order chi connectivity index (χ0) is 13.8. The van der Waals surface area contributed by atoms with Gasteiger partial charge in [0.15, 0.2) is 0 Å². The second-order valence-corrected chi connectivity index (χ2v) is 5.35. The first kappa shape index (κ1) is 14.4. The van der Waals surface area contributed by atoms with Gasteiger partial charge in [-0.2, -0.15) is 0 Å². The lowest BCUT2D eigenvalue weighted by Crippen LogP contribution is -2.19. The summed E-state index contributed by atoms with van der Waals surface area (Å²) in [6.07, 6.45) is 5.51. The molecule has 0 spiro atoms. The quantitative estimate of drug-likeness (QED) is 0.911. The SMILES string of the molecule is CCCn1ccnc1C(N)Cc1ccc(Cl)c(Cl)c1. The Balaban J connectivity index is 2.13. The monoisotopic (exact) mass is 297 g/mol. The summed E-state index contributed by atoms with van der Waals surface area (Å²) in [4.78, 5) is 4.35. The molecule has 1 heterocycles. The van der Waals surface area contributed by atoms with Crippen LogP contribution in [0.2, 0.25) is 10.0 Å². The molecular formula is C14H17Cl2N3. The predicted octanol–water partition coefficient (Wildman–Crippen LogP) is 3.84. The number of aryl methyl sites for hydroxylation is 1. The molecule has 1 aromatic heterocycles. The molecule has 0 fully saturated rings. The number of benzene rings is 1. The van der Waals surface area contributed by atoms with Crippen molar-refractivity contribution in [3.05, 3.63) is 52.0 Å². The first-order valence-electron chi connectivity index (χ1n) is 6.32. The number of hydrogen-bond donors (Lipinski definition) is 1. The molecule has 0 aliphatic rings. The molecule has 1 atom stereocenters. The molecule has 102 valence electrons. The average molecular weight is 298 g/mol. The number of nitrogens with two attached hydrogens (primary N) is 1. The lowest BCUT2D eigenvalue weighted by atomic mass is 10.1. The van der Waals surface area contributed by atoms with Crippen molar-refractivity contribution in [2.45, 2.75) is 32.4 Å². The van der Waals surface area contributed by atoms with Crippen LogP contribution < -0.4 is 5.73 Å². The lowest BCUT2D eigenvalue weighted by molar-refractivity contribution is 0.574. The third-order valence-corrected chi connectivity index (χ3v) is 3.72. The van der Waals surface area contributed by atoms with E-state index in [9.17, 15) is 0 Å². The maximum absolute atomic E-state index is 6.23. The van der Waals surface area contributed by atoms with Crippen LogP contribution in [0.15, 0.2) is 30.6 Å². The minimum atomic E-state index is -0.140. The van der Waals surface area contributed by atoms with E-state index in [2.05, 4.69) is 16.5 Å². The highest BCUT2D eigenvalue weighted by molar-refractivity contribution is 6.42. The van der Waals surface area contributed by atoms with Crippen LogP contribution in [-0.4, -0.2) is 9.55 Å². The molecular weight excluding hydrogens is 281 g/mol. The van der Waals surface area contributed by atoms with Crippen molar-refractivity contribution in [2.75, 3.05) is 0 Å². The fourth-order valence-electron chi connectivity index (χ4n) is 2.09. The van der Waals surface area contributed by atoms with Crippen LogP contribution in [-0.2, 0) is 13.0 Å². The Morgan fingerprint density at radius 2 is 2.11 bits per heavy atom. The Morgan fingerprint density at radius 1 is 1.32 bits per heavy atom. The molecule has 3 nitrogen and oxygen atoms in total. The number of rotatable bonds is 5. The third-order valence-electron chi connectivity index (χ3n) is 2.98. The smallest absolute Gasteiger partial charge is 0.125 e. The molecule has 1 aromatic carbocycles. The molecule has 2 N–H and O–H groups in total. The van der Waals surface area contributed by atoms with E-state index in [0.717, 1.165) is 24.4 Å². The highest BCUT2D eigenvalue weighted by Gasteiger charge is 2.13. The molecule has 0 bridgehead atoms. The number of imidazole rings is 1. The van der Waals surface area contributed by atoms with Gasteiger partial charge in [-0.05, 0) is 30.5 Å². The minimum absolute atomic E-state index is 0.140. The maximum atomic E-state index is 6.23. The maximum Gasteiger partial charge on any atom is 0.125 e. The second kappa shape index (κ2) is 6.42. The van der Waals surface area contributed by atoms with Crippen LogP contribution in [0.25, 0.3) is 0 Å². The molecule has 0 radical (unpaired) electrons. The van der Waals surface area contributed by atoms with Crippen molar-refractivity contribution in [1.82, 2.24) is 9.55 Å². The summed E-state index contributed by atoms with van der Waals surface area (Å²) in [7, 11) is 0. The number of aromatic nitrogens is 2. The molecule has 0 aliphatic heterocycles. The van der Waals surface area contributed by atoms with Crippen LogP contribution in [0.5, 0.6) is 0 Å². The van der Waals surface area contributed by atoms with E-state index < -0.39 is 0 Å². The van der Waals surface area contributed by atoms with Gasteiger partial charge in [0.2, 0.25) is 0 Å². The topological polar surface area (TPSA) is 43.8 Å². The van der Waals surface area contributed by atoms with Gasteiger partial charge in [0.25, 0.3) is 0 Å². The number of hydrogen-bond acceptors (Lipinski definition) is 2. The molecule has 0 amide bonds. The van der Waals surface area contributed by atoms with Crippen LogP contribution in [0.3, 0.4) is 0 Å². The molecule has 0 saturated carbocycles. The summed E-state index contributed by atoms with van der Waals surface area (Å²) in [6, 6.07) is 5.46. The largest absolute Gasteiger partial charge is 0.334 e. The third kappa shape index (κ3) is 3.50.